The zero-order chi connectivity index (χ0) is 36.8. The van der Waals surface area contributed by atoms with Gasteiger partial charge in [-0.15, -0.1) is 0 Å². The van der Waals surface area contributed by atoms with Gasteiger partial charge in [0.15, 0.2) is 0 Å². The molecule has 0 unspecified atom stereocenters. The Labute approximate surface area is 294 Å². The summed E-state index contributed by atoms with van der Waals surface area (Å²) in [6, 6.07) is 9.88. The molecular weight excluding hydrogens is 706 g/mol. The van der Waals surface area contributed by atoms with Crippen LogP contribution in [0.1, 0.15) is 99.1 Å². The summed E-state index contributed by atoms with van der Waals surface area (Å²) in [4.78, 5) is 45.3. The van der Waals surface area contributed by atoms with Gasteiger partial charge in [0.05, 0.1) is 12.7 Å². The molecule has 268 valence electrons. The normalized spacial score (nSPS) is 13.8. The largest absolute Gasteiger partial charge is 0.508 e. The van der Waals surface area contributed by atoms with E-state index in [2.05, 4.69) is 26.6 Å². The van der Waals surface area contributed by atoms with Crippen molar-refractivity contribution in [1.82, 2.24) is 10.6 Å². The van der Waals surface area contributed by atoms with E-state index >= 15 is 0 Å². The Morgan fingerprint density at radius 3 is 1.71 bits per heavy atom. The lowest BCUT2D eigenvalue weighted by Gasteiger charge is -2.19. The lowest BCUT2D eigenvalue weighted by Crippen LogP contribution is -2.23. The van der Waals surface area contributed by atoms with Gasteiger partial charge in [-0.3, -0.25) is 19.2 Å². The molecule has 3 N–H and O–H groups in total. The number of phenolic OH excluding ortho intramolecular Hbond substituents is 1. The maximum absolute atomic E-state index is 13.0. The van der Waals surface area contributed by atoms with Gasteiger partial charge in [-0.1, -0.05) is 15.9 Å². The van der Waals surface area contributed by atoms with E-state index in [4.69, 9.17) is 19.3 Å². The molecule has 0 aromatic heterocycles. The first-order valence-electron chi connectivity index (χ1n) is 15.6. The van der Waals surface area contributed by atoms with Crippen molar-refractivity contribution >= 4 is 39.7 Å². The van der Waals surface area contributed by atoms with Crippen molar-refractivity contribution in [3.8, 4) is 11.5 Å². The van der Waals surface area contributed by atoms with Crippen molar-refractivity contribution < 1.29 is 47.3 Å². The molecule has 13 heteroatoms. The zero-order valence-electron chi connectivity index (χ0n) is 28.7. The summed E-state index contributed by atoms with van der Waals surface area (Å²) < 4.78 is 40.9. The lowest BCUT2D eigenvalue weighted by atomic mass is 10.1. The number of phenols is 1. The number of carbonyl (C=O) groups excluding carboxylic acids is 4. The number of nitrogens with one attached hydrogen (secondary N) is 2. The van der Waals surface area contributed by atoms with E-state index in [1.807, 2.05) is 0 Å². The number of ether oxygens (including phenoxy) is 3. The molecule has 2 aliphatic heterocycles. The third-order valence-electron chi connectivity index (χ3n) is 6.58. The number of fused-ring (bicyclic) bond motifs is 2. The predicted octanol–water partition coefficient (Wildman–Crippen LogP) is 7.28. The standard InChI is InChI=1S/C18H22FNO4.C10H16BrFO2.C8H7NO2/c1-18(2,3)24-16(21)7-4-12(9-19)11-23-14-5-6-15-13(8-14)10-20-17(15)22;1-10(2,3)14-9(13)5-4-8(6-11)7-12;10-6-1-2-7-5(3-6)4-9-8(7)11/h5-6,8-9H,4,7,10-11H2,1-3H3,(H,20,22);7H,4-6H2,1-3H3;1-3,10H,4H2,(H,9,11)/b12-9+;8-7+;. The van der Waals surface area contributed by atoms with Crippen LogP contribution in [0.15, 0.2) is 60.2 Å². The highest BCUT2D eigenvalue weighted by molar-refractivity contribution is 9.09. The minimum Gasteiger partial charge on any atom is -0.508 e. The first-order valence-corrected chi connectivity index (χ1v) is 16.8. The summed E-state index contributed by atoms with van der Waals surface area (Å²) >= 11 is 3.13. The Bertz CT molecular complexity index is 1540. The van der Waals surface area contributed by atoms with Crippen LogP contribution < -0.4 is 15.4 Å². The molecule has 0 bridgehead atoms. The summed E-state index contributed by atoms with van der Waals surface area (Å²) in [5.41, 5.74) is 2.95. The minimum absolute atomic E-state index is 0.0411. The molecule has 0 saturated carbocycles. The van der Waals surface area contributed by atoms with Crippen molar-refractivity contribution in [2.45, 2.75) is 91.5 Å². The summed E-state index contributed by atoms with van der Waals surface area (Å²) in [6.07, 6.45) is 1.94. The molecular formula is C36H45BrF2N2O8. The fourth-order valence-corrected chi connectivity index (χ4v) is 4.71. The van der Waals surface area contributed by atoms with Crippen LogP contribution in [0.2, 0.25) is 0 Å². The first kappa shape index (κ1) is 40.9. The van der Waals surface area contributed by atoms with Crippen molar-refractivity contribution in [3.63, 3.8) is 0 Å². The Balaban J connectivity index is 0.000000281. The molecule has 0 saturated heterocycles. The Kier molecular flexibility index (Phi) is 15.9. The molecule has 2 amide bonds. The van der Waals surface area contributed by atoms with Crippen LogP contribution >= 0.6 is 15.9 Å². The van der Waals surface area contributed by atoms with E-state index in [-0.39, 0.29) is 55.4 Å². The molecule has 2 heterocycles. The van der Waals surface area contributed by atoms with Gasteiger partial charge in [-0.05, 0) is 113 Å². The van der Waals surface area contributed by atoms with Crippen molar-refractivity contribution in [2.24, 2.45) is 0 Å². The van der Waals surface area contributed by atoms with E-state index in [9.17, 15) is 28.0 Å². The highest BCUT2D eigenvalue weighted by atomic mass is 79.9. The highest BCUT2D eigenvalue weighted by Crippen LogP contribution is 2.23. The lowest BCUT2D eigenvalue weighted by molar-refractivity contribution is -0.155. The molecule has 0 radical (unpaired) electrons. The first-order chi connectivity index (χ1) is 22.9. The summed E-state index contributed by atoms with van der Waals surface area (Å²) in [5, 5.41) is 14.9. The Morgan fingerprint density at radius 1 is 0.776 bits per heavy atom. The second-order valence-electron chi connectivity index (χ2n) is 13.2. The SMILES string of the molecule is CC(C)(C)OC(=O)CC/C(=C\F)CBr.CC(C)(C)OC(=O)CC/C(=C\F)COc1ccc2c(c1)CNC2=O.O=C1NCc2cc(O)ccc21. The van der Waals surface area contributed by atoms with E-state index in [1.165, 1.54) is 6.07 Å². The Hall–Kier alpha value is -4.26. The van der Waals surface area contributed by atoms with E-state index in [0.717, 1.165) is 11.1 Å². The van der Waals surface area contributed by atoms with Gasteiger partial charge < -0.3 is 30.0 Å². The third-order valence-corrected chi connectivity index (χ3v) is 7.30. The van der Waals surface area contributed by atoms with Crippen LogP contribution in [0.25, 0.3) is 0 Å². The molecule has 49 heavy (non-hydrogen) atoms. The molecule has 10 nitrogen and oxygen atoms in total. The highest BCUT2D eigenvalue weighted by Gasteiger charge is 2.20. The molecule has 2 aliphatic rings. The topological polar surface area (TPSA) is 140 Å². The smallest absolute Gasteiger partial charge is 0.306 e. The van der Waals surface area contributed by atoms with Crippen LogP contribution in [-0.4, -0.2) is 52.0 Å². The van der Waals surface area contributed by atoms with Crippen LogP contribution in [0, 0.1) is 0 Å². The Morgan fingerprint density at radius 2 is 1.24 bits per heavy atom. The third kappa shape index (κ3) is 15.2. The monoisotopic (exact) mass is 750 g/mol. The van der Waals surface area contributed by atoms with Gasteiger partial charge in [0.25, 0.3) is 11.8 Å². The number of hydrogen-bond donors (Lipinski definition) is 3. The van der Waals surface area contributed by atoms with Gasteiger partial charge in [-0.2, -0.15) is 0 Å². The number of allylic oxidation sites excluding steroid dienone is 1. The molecule has 0 fully saturated rings. The molecule has 2 aromatic rings. The summed E-state index contributed by atoms with van der Waals surface area (Å²) in [5.74, 6) is -0.0536. The number of rotatable bonds is 10. The second kappa shape index (κ2) is 19.1. The molecule has 0 atom stereocenters. The average Bonchev–Trinajstić information content (AvgIpc) is 3.57. The maximum Gasteiger partial charge on any atom is 0.306 e. The fourth-order valence-electron chi connectivity index (χ4n) is 4.31. The molecule has 0 aliphatic carbocycles. The van der Waals surface area contributed by atoms with Crippen LogP contribution in [0.4, 0.5) is 8.78 Å². The average molecular weight is 752 g/mol. The van der Waals surface area contributed by atoms with Crippen molar-refractivity contribution in [3.05, 3.63) is 82.5 Å². The fraction of sp³-hybridized carbons (Fsp3) is 0.444. The second-order valence-corrected chi connectivity index (χ2v) is 13.7. The van der Waals surface area contributed by atoms with Gasteiger partial charge in [-0.25, -0.2) is 8.78 Å². The van der Waals surface area contributed by atoms with E-state index < -0.39 is 11.2 Å². The summed E-state index contributed by atoms with van der Waals surface area (Å²) in [6.45, 7) is 11.8. The number of carbonyl (C=O) groups is 4. The number of esters is 2. The number of hydrogen-bond acceptors (Lipinski definition) is 8. The van der Waals surface area contributed by atoms with Gasteiger partial charge in [0, 0.05) is 42.4 Å². The number of benzene rings is 2. The zero-order valence-corrected chi connectivity index (χ0v) is 30.3. The van der Waals surface area contributed by atoms with Crippen LogP contribution in [-0.2, 0) is 32.2 Å². The van der Waals surface area contributed by atoms with E-state index in [0.29, 0.717) is 65.5 Å². The van der Waals surface area contributed by atoms with E-state index in [1.54, 1.807) is 71.9 Å². The van der Waals surface area contributed by atoms with Crippen LogP contribution in [0.3, 0.4) is 0 Å². The minimum atomic E-state index is -0.553. The van der Waals surface area contributed by atoms with Gasteiger partial charge in [0.1, 0.15) is 29.3 Å². The predicted molar refractivity (Wildman–Crippen MR) is 185 cm³/mol. The number of alkyl halides is 1. The van der Waals surface area contributed by atoms with Crippen molar-refractivity contribution in [2.75, 3.05) is 11.9 Å². The maximum atomic E-state index is 13.0. The van der Waals surface area contributed by atoms with Gasteiger partial charge >= 0.3 is 11.9 Å². The number of aromatic hydroxyl groups is 1. The van der Waals surface area contributed by atoms with Gasteiger partial charge in [0.2, 0.25) is 0 Å². The number of amides is 2. The summed E-state index contributed by atoms with van der Waals surface area (Å²) in [7, 11) is 0. The molecule has 4 rings (SSSR count). The van der Waals surface area contributed by atoms with Crippen LogP contribution in [0.5, 0.6) is 11.5 Å². The molecule has 2 aromatic carbocycles. The molecule has 0 spiro atoms. The quantitative estimate of drug-likeness (QED) is 0.170. The van der Waals surface area contributed by atoms with Crippen molar-refractivity contribution in [1.29, 1.82) is 0 Å². The number of halogens is 3.